The highest BCUT2D eigenvalue weighted by Crippen LogP contribution is 2.56. The van der Waals surface area contributed by atoms with Crippen molar-refractivity contribution in [1.29, 1.82) is 0 Å². The van der Waals surface area contributed by atoms with E-state index >= 15 is 0 Å². The van der Waals surface area contributed by atoms with Crippen LogP contribution in [0.3, 0.4) is 0 Å². The Morgan fingerprint density at radius 3 is 1.30 bits per heavy atom. The number of aromatic hydroxyl groups is 16. The van der Waals surface area contributed by atoms with E-state index < -0.39 is 233 Å². The quantitative estimate of drug-likeness (QED) is 0.0681. The first-order chi connectivity index (χ1) is 36.2. The summed E-state index contributed by atoms with van der Waals surface area (Å²) in [6, 6.07) is 5.51. The van der Waals surface area contributed by atoms with E-state index in [0.717, 1.165) is 18.2 Å². The molecule has 3 aliphatic heterocycles. The van der Waals surface area contributed by atoms with Crippen LogP contribution >= 0.6 is 0 Å². The SMILES string of the molecule is O=C1OC[C@@H](O)[C@H]([C@@H]2OC(=O)c3cc(O)c(O)c(O)c3-c3c(cc(O)c(O)c3O)C(=O)O[C@@H]2[C@@H](O)c2c(O)cc3c(c2O)C[C@H](O)[C@@H](c2ccc(O)c(O)c2)O3)OC(=O)c2cc(O)c(O)c(O)c2-c2c1cc(O)c(O)c2O. The molecule has 3 aliphatic rings. The van der Waals surface area contributed by atoms with Crippen molar-refractivity contribution in [3.8, 4) is 120 Å². The van der Waals surface area contributed by atoms with E-state index in [1.165, 1.54) is 6.07 Å². The number of benzene rings is 6. The molecule has 402 valence electrons. The number of carbonyl (C=O) groups excluding carboxylic acids is 4. The van der Waals surface area contributed by atoms with Crippen molar-refractivity contribution in [1.82, 2.24) is 0 Å². The van der Waals surface area contributed by atoms with Gasteiger partial charge in [-0.3, -0.25) is 0 Å². The molecule has 0 aliphatic carbocycles. The van der Waals surface area contributed by atoms with Gasteiger partial charge >= 0.3 is 23.9 Å². The lowest BCUT2D eigenvalue weighted by Crippen LogP contribution is -2.54. The Morgan fingerprint density at radius 1 is 0.416 bits per heavy atom. The fourth-order valence-corrected chi connectivity index (χ4v) is 9.11. The zero-order valence-electron chi connectivity index (χ0n) is 38.2. The second-order valence-electron chi connectivity index (χ2n) is 17.5. The van der Waals surface area contributed by atoms with E-state index in [-0.39, 0.29) is 5.56 Å². The van der Waals surface area contributed by atoms with Crippen molar-refractivity contribution >= 4 is 23.9 Å². The van der Waals surface area contributed by atoms with Crippen molar-refractivity contribution in [2.24, 2.45) is 0 Å². The topological polar surface area (TPSA) is 499 Å². The van der Waals surface area contributed by atoms with Crippen LogP contribution in [0.2, 0.25) is 0 Å². The number of aliphatic hydroxyl groups excluding tert-OH is 3. The third-order valence-electron chi connectivity index (χ3n) is 12.9. The Bertz CT molecular complexity index is 3550. The number of ether oxygens (including phenoxy) is 5. The van der Waals surface area contributed by atoms with Gasteiger partial charge < -0.3 is 121 Å². The van der Waals surface area contributed by atoms with Crippen molar-refractivity contribution < 1.29 is 140 Å². The van der Waals surface area contributed by atoms with Crippen molar-refractivity contribution in [2.45, 2.75) is 49.1 Å². The maximum Gasteiger partial charge on any atom is 0.339 e. The van der Waals surface area contributed by atoms with Gasteiger partial charge in [0.05, 0.1) is 33.9 Å². The summed E-state index contributed by atoms with van der Waals surface area (Å²) in [5, 5.41) is 209. The zero-order valence-corrected chi connectivity index (χ0v) is 38.2. The average molecular weight is 1070 g/mol. The molecule has 7 atom stereocenters. The molecule has 9 rings (SSSR count). The van der Waals surface area contributed by atoms with Crippen LogP contribution in [0.1, 0.15) is 70.3 Å². The van der Waals surface area contributed by atoms with Crippen LogP contribution in [0.4, 0.5) is 0 Å². The number of aliphatic hydroxyl groups is 3. The van der Waals surface area contributed by atoms with E-state index in [1.807, 2.05) is 0 Å². The minimum atomic E-state index is -2.96. The van der Waals surface area contributed by atoms with Crippen LogP contribution in [0.5, 0.6) is 97.7 Å². The number of carbonyl (C=O) groups is 4. The molecule has 6 aromatic carbocycles. The summed E-state index contributed by atoms with van der Waals surface area (Å²) >= 11 is 0. The van der Waals surface area contributed by atoms with E-state index in [9.17, 15) is 116 Å². The normalized spacial score (nSPS) is 20.7. The molecule has 77 heavy (non-hydrogen) atoms. The summed E-state index contributed by atoms with van der Waals surface area (Å²) in [7, 11) is 0. The molecule has 3 heterocycles. The number of fused-ring (bicyclic) bond motifs is 7. The molecule has 6 aromatic rings. The molecule has 0 amide bonds. The second-order valence-corrected chi connectivity index (χ2v) is 17.5. The molecule has 0 radical (unpaired) electrons. The minimum absolute atomic E-state index is 0.0609. The zero-order chi connectivity index (χ0) is 56.1. The second kappa shape index (κ2) is 18.6. The highest BCUT2D eigenvalue weighted by molar-refractivity contribution is 6.10. The lowest BCUT2D eigenvalue weighted by molar-refractivity contribution is -0.150. The van der Waals surface area contributed by atoms with Gasteiger partial charge in [-0.15, -0.1) is 0 Å². The van der Waals surface area contributed by atoms with Crippen LogP contribution in [0.25, 0.3) is 22.3 Å². The highest BCUT2D eigenvalue weighted by atomic mass is 16.6. The molecule has 28 heteroatoms. The van der Waals surface area contributed by atoms with Gasteiger partial charge in [0.1, 0.15) is 42.2 Å². The van der Waals surface area contributed by atoms with Gasteiger partial charge in [0.25, 0.3) is 0 Å². The highest BCUT2D eigenvalue weighted by Gasteiger charge is 2.51. The standard InChI is InChI=1S/C49H38O28/c50-17-2-1-11(3-18(17)51)42-24(57)4-12-26(74-42)9-19(52)31(32(12)59)41(68)44-45(77-49(72)16-8-23(56)36(63)40(67)30(16)29-15(48(71)76-44)7-22(55)35(62)39(29)66)43-25(58)10-73-46(69)13-5-20(53)33(60)37(64)27(13)28-14(47(70)75-43)6-21(54)34(61)38(28)65/h1-3,5-9,24-25,41-45,50-68H,4,10H2/t24-,25+,41-,42+,43+,44+,45-/m0/s1. The summed E-state index contributed by atoms with van der Waals surface area (Å²) in [5.74, 6) is -28.7. The molecule has 0 saturated heterocycles. The Balaban J connectivity index is 1.27. The molecule has 0 fully saturated rings. The average Bonchev–Trinajstić information content (AvgIpc) is 3.42. The number of esters is 4. The fourth-order valence-electron chi connectivity index (χ4n) is 9.11. The van der Waals surface area contributed by atoms with Gasteiger partial charge in [0.2, 0.25) is 23.0 Å². The summed E-state index contributed by atoms with van der Waals surface area (Å²) in [4.78, 5) is 58.0. The van der Waals surface area contributed by atoms with Gasteiger partial charge in [-0.05, 0) is 42.0 Å². The molecule has 0 saturated carbocycles. The van der Waals surface area contributed by atoms with E-state index in [4.69, 9.17) is 23.7 Å². The Kier molecular flexibility index (Phi) is 12.4. The van der Waals surface area contributed by atoms with E-state index in [1.54, 1.807) is 0 Å². The molecule has 0 aromatic heterocycles. The summed E-state index contributed by atoms with van der Waals surface area (Å²) in [5.41, 5.74) is -10.9. The van der Waals surface area contributed by atoms with E-state index in [0.29, 0.717) is 24.3 Å². The molecule has 28 nitrogen and oxygen atoms in total. The Hall–Kier alpha value is -10.3. The lowest BCUT2D eigenvalue weighted by atomic mass is 9.88. The summed E-state index contributed by atoms with van der Waals surface area (Å²) in [6.45, 7) is -1.50. The number of hydrogen-bond acceptors (Lipinski definition) is 28. The minimum Gasteiger partial charge on any atom is -0.507 e. The maximum absolute atomic E-state index is 14.8. The molecule has 19 N–H and O–H groups in total. The van der Waals surface area contributed by atoms with Crippen molar-refractivity contribution in [3.05, 3.63) is 87.5 Å². The van der Waals surface area contributed by atoms with Gasteiger partial charge in [-0.1, -0.05) is 6.07 Å². The van der Waals surface area contributed by atoms with Crippen molar-refractivity contribution in [2.75, 3.05) is 6.61 Å². The number of phenolic OH excluding ortho intramolecular Hbond substituents is 16. The van der Waals surface area contributed by atoms with Crippen LogP contribution in [-0.2, 0) is 25.4 Å². The smallest absolute Gasteiger partial charge is 0.339 e. The maximum atomic E-state index is 14.8. The van der Waals surface area contributed by atoms with Crippen LogP contribution < -0.4 is 4.74 Å². The van der Waals surface area contributed by atoms with Gasteiger partial charge in [0, 0.05) is 40.3 Å². The molecule has 0 bridgehead atoms. The first-order valence-electron chi connectivity index (χ1n) is 22.0. The van der Waals surface area contributed by atoms with Crippen LogP contribution in [0, 0.1) is 0 Å². The summed E-state index contributed by atoms with van der Waals surface area (Å²) < 4.78 is 28.0. The largest absolute Gasteiger partial charge is 0.507 e. The van der Waals surface area contributed by atoms with Gasteiger partial charge in [-0.25, -0.2) is 19.2 Å². The van der Waals surface area contributed by atoms with Crippen molar-refractivity contribution in [3.63, 3.8) is 0 Å². The molecule has 0 spiro atoms. The molecular formula is C49H38O28. The van der Waals surface area contributed by atoms with Crippen LogP contribution in [0.15, 0.2) is 48.5 Å². The number of rotatable bonds is 4. The number of hydrogen-bond donors (Lipinski definition) is 19. The van der Waals surface area contributed by atoms with Crippen LogP contribution in [-0.4, -0.2) is 158 Å². The Labute approximate surface area is 426 Å². The van der Waals surface area contributed by atoms with E-state index in [2.05, 4.69) is 0 Å². The fraction of sp³-hybridized carbons (Fsp3) is 0.184. The van der Waals surface area contributed by atoms with Gasteiger partial charge in [0.15, 0.2) is 75.8 Å². The predicted octanol–water partition coefficient (Wildman–Crippen LogP) is 1.90. The number of cyclic esters (lactones) is 4. The molecular weight excluding hydrogens is 1040 g/mol. The lowest BCUT2D eigenvalue weighted by Gasteiger charge is -2.38. The summed E-state index contributed by atoms with van der Waals surface area (Å²) in [6.07, 6.45) is -18.1. The van der Waals surface area contributed by atoms with Gasteiger partial charge in [-0.2, -0.15) is 0 Å². The third kappa shape index (κ3) is 8.25. The third-order valence-corrected chi connectivity index (χ3v) is 12.9. The first-order valence-corrected chi connectivity index (χ1v) is 22.0. The predicted molar refractivity (Wildman–Crippen MR) is 245 cm³/mol. The first kappa shape index (κ1) is 51.6. The molecule has 0 unspecified atom stereocenters. The number of phenols is 16. The monoisotopic (exact) mass is 1070 g/mol. The Morgan fingerprint density at radius 2 is 0.844 bits per heavy atom.